The molecule has 3 N–H and O–H groups in total. The summed E-state index contributed by atoms with van der Waals surface area (Å²) in [5.74, 6) is 0.00927. The van der Waals surface area contributed by atoms with Crippen LogP contribution in [0.2, 0.25) is 0 Å². The van der Waals surface area contributed by atoms with Gasteiger partial charge in [-0.1, -0.05) is 32.0 Å². The number of carbonyl (C=O) groups excluding carboxylic acids is 2. The lowest BCUT2D eigenvalue weighted by Gasteiger charge is -2.29. The Bertz CT molecular complexity index is 542. The topological polar surface area (TPSA) is 75.4 Å². The molecule has 120 valence electrons. The van der Waals surface area contributed by atoms with Crippen LogP contribution >= 0.6 is 0 Å². The molecular formula is C17H25N3O2. The van der Waals surface area contributed by atoms with Crippen molar-refractivity contribution in [2.45, 2.75) is 39.2 Å². The number of aryl methyl sites for hydroxylation is 1. The van der Waals surface area contributed by atoms with Gasteiger partial charge in [-0.2, -0.15) is 0 Å². The molecule has 5 heteroatoms. The van der Waals surface area contributed by atoms with Gasteiger partial charge in [0.05, 0.1) is 12.6 Å². The fraction of sp³-hybridized carbons (Fsp3) is 0.529. The Hall–Kier alpha value is -1.88. The lowest BCUT2D eigenvalue weighted by Crippen LogP contribution is -2.47. The van der Waals surface area contributed by atoms with Crippen LogP contribution in [0.5, 0.6) is 0 Å². The van der Waals surface area contributed by atoms with Gasteiger partial charge in [0.15, 0.2) is 0 Å². The Balaban J connectivity index is 1.92. The largest absolute Gasteiger partial charge is 0.346 e. The number of nitrogens with two attached hydrogens (primary N) is 1. The monoisotopic (exact) mass is 303 g/mol. The summed E-state index contributed by atoms with van der Waals surface area (Å²) in [6.45, 7) is 4.73. The molecule has 1 aromatic carbocycles. The van der Waals surface area contributed by atoms with Crippen LogP contribution in [-0.2, 0) is 16.0 Å². The average Bonchev–Trinajstić information content (AvgIpc) is 2.51. The summed E-state index contributed by atoms with van der Waals surface area (Å²) in [5.41, 5.74) is 7.97. The molecule has 1 aliphatic rings. The minimum atomic E-state index is -0.554. The predicted molar refractivity (Wildman–Crippen MR) is 87.6 cm³/mol. The Morgan fingerprint density at radius 2 is 2.05 bits per heavy atom. The summed E-state index contributed by atoms with van der Waals surface area (Å²) < 4.78 is 0. The summed E-state index contributed by atoms with van der Waals surface area (Å²) >= 11 is 0. The number of anilines is 1. The third-order valence-electron chi connectivity index (χ3n) is 3.89. The Kier molecular flexibility index (Phi) is 5.55. The maximum Gasteiger partial charge on any atom is 0.246 e. The lowest BCUT2D eigenvalue weighted by molar-refractivity contribution is -0.126. The zero-order chi connectivity index (χ0) is 16.1. The summed E-state index contributed by atoms with van der Waals surface area (Å²) in [5, 5.41) is 2.66. The van der Waals surface area contributed by atoms with Gasteiger partial charge in [-0.15, -0.1) is 0 Å². The highest BCUT2D eigenvalue weighted by atomic mass is 16.2. The molecule has 0 aromatic heterocycles. The SMILES string of the molecule is CC(C)C[C@H](N)C(=O)NCC(=O)N1CCCc2ccccc21. The molecule has 2 rings (SSSR count). The fourth-order valence-electron chi connectivity index (χ4n) is 2.80. The summed E-state index contributed by atoms with van der Waals surface area (Å²) in [6.07, 6.45) is 2.56. The van der Waals surface area contributed by atoms with Crippen molar-refractivity contribution in [2.75, 3.05) is 18.0 Å². The summed E-state index contributed by atoms with van der Waals surface area (Å²) in [4.78, 5) is 26.0. The fourth-order valence-corrected chi connectivity index (χ4v) is 2.80. The van der Waals surface area contributed by atoms with E-state index in [-0.39, 0.29) is 18.4 Å². The van der Waals surface area contributed by atoms with Gasteiger partial charge in [0.2, 0.25) is 11.8 Å². The van der Waals surface area contributed by atoms with Crippen molar-refractivity contribution in [1.82, 2.24) is 5.32 Å². The first-order chi connectivity index (χ1) is 10.5. The van der Waals surface area contributed by atoms with Crippen molar-refractivity contribution in [3.05, 3.63) is 29.8 Å². The summed E-state index contributed by atoms with van der Waals surface area (Å²) in [6, 6.07) is 7.37. The van der Waals surface area contributed by atoms with Crippen LogP contribution in [0.1, 0.15) is 32.3 Å². The molecule has 0 aliphatic carbocycles. The molecule has 0 saturated heterocycles. The quantitative estimate of drug-likeness (QED) is 0.864. The van der Waals surface area contributed by atoms with Crippen molar-refractivity contribution in [3.8, 4) is 0 Å². The maximum absolute atomic E-state index is 12.4. The average molecular weight is 303 g/mol. The molecule has 0 bridgehead atoms. The van der Waals surface area contributed by atoms with Crippen molar-refractivity contribution >= 4 is 17.5 Å². The van der Waals surface area contributed by atoms with E-state index in [4.69, 9.17) is 5.73 Å². The number of benzene rings is 1. The highest BCUT2D eigenvalue weighted by molar-refractivity contribution is 5.98. The third-order valence-corrected chi connectivity index (χ3v) is 3.89. The number of rotatable bonds is 5. The van der Waals surface area contributed by atoms with E-state index in [1.165, 1.54) is 5.56 Å². The van der Waals surface area contributed by atoms with Crippen molar-refractivity contribution in [1.29, 1.82) is 0 Å². The van der Waals surface area contributed by atoms with Gasteiger partial charge in [-0.3, -0.25) is 9.59 Å². The number of hydrogen-bond acceptors (Lipinski definition) is 3. The van der Waals surface area contributed by atoms with Crippen LogP contribution in [0.15, 0.2) is 24.3 Å². The Morgan fingerprint density at radius 1 is 1.32 bits per heavy atom. The standard InChI is InChI=1S/C17H25N3O2/c1-12(2)10-14(18)17(22)19-11-16(21)20-9-5-7-13-6-3-4-8-15(13)20/h3-4,6,8,12,14H,5,7,9-11,18H2,1-2H3,(H,19,22)/t14-/m0/s1. The molecule has 0 saturated carbocycles. The molecule has 0 fully saturated rings. The molecule has 1 atom stereocenters. The second kappa shape index (κ2) is 7.40. The van der Waals surface area contributed by atoms with Gasteiger partial charge in [-0.05, 0) is 36.8 Å². The number of nitrogens with zero attached hydrogens (tertiary/aromatic N) is 1. The molecule has 1 aromatic rings. The minimum Gasteiger partial charge on any atom is -0.346 e. The van der Waals surface area contributed by atoms with E-state index in [0.717, 1.165) is 18.5 Å². The zero-order valence-electron chi connectivity index (χ0n) is 13.3. The number of nitrogens with one attached hydrogen (secondary N) is 1. The van der Waals surface area contributed by atoms with Crippen LogP contribution in [-0.4, -0.2) is 30.9 Å². The lowest BCUT2D eigenvalue weighted by atomic mass is 10.0. The highest BCUT2D eigenvalue weighted by Crippen LogP contribution is 2.26. The van der Waals surface area contributed by atoms with Crippen LogP contribution in [0.3, 0.4) is 0 Å². The molecule has 0 spiro atoms. The van der Waals surface area contributed by atoms with Crippen molar-refractivity contribution in [2.24, 2.45) is 11.7 Å². The molecule has 0 radical (unpaired) electrons. The van der Waals surface area contributed by atoms with Gasteiger partial charge in [-0.25, -0.2) is 0 Å². The van der Waals surface area contributed by atoms with Crippen LogP contribution < -0.4 is 16.0 Å². The van der Waals surface area contributed by atoms with E-state index >= 15 is 0 Å². The van der Waals surface area contributed by atoms with Gasteiger partial charge < -0.3 is 16.0 Å². The second-order valence-corrected chi connectivity index (χ2v) is 6.23. The van der Waals surface area contributed by atoms with E-state index < -0.39 is 6.04 Å². The highest BCUT2D eigenvalue weighted by Gasteiger charge is 2.23. The number of para-hydroxylation sites is 1. The van der Waals surface area contributed by atoms with Crippen molar-refractivity contribution in [3.63, 3.8) is 0 Å². The number of amides is 2. The Labute approximate surface area is 131 Å². The third kappa shape index (κ3) is 4.07. The van der Waals surface area contributed by atoms with Crippen LogP contribution in [0.4, 0.5) is 5.69 Å². The smallest absolute Gasteiger partial charge is 0.246 e. The van der Waals surface area contributed by atoms with E-state index in [1.54, 1.807) is 4.90 Å². The van der Waals surface area contributed by atoms with Gasteiger partial charge >= 0.3 is 0 Å². The van der Waals surface area contributed by atoms with Crippen LogP contribution in [0.25, 0.3) is 0 Å². The second-order valence-electron chi connectivity index (χ2n) is 6.23. The number of hydrogen-bond donors (Lipinski definition) is 2. The molecule has 0 unspecified atom stereocenters. The zero-order valence-corrected chi connectivity index (χ0v) is 13.3. The predicted octanol–water partition coefficient (Wildman–Crippen LogP) is 1.46. The molecule has 1 aliphatic heterocycles. The summed E-state index contributed by atoms with van der Waals surface area (Å²) in [7, 11) is 0. The minimum absolute atomic E-state index is 0.00103. The molecular weight excluding hydrogens is 278 g/mol. The first-order valence-corrected chi connectivity index (χ1v) is 7.90. The number of fused-ring (bicyclic) bond motifs is 1. The van der Waals surface area contributed by atoms with E-state index in [0.29, 0.717) is 18.9 Å². The first-order valence-electron chi connectivity index (χ1n) is 7.90. The molecule has 1 heterocycles. The van der Waals surface area contributed by atoms with Crippen molar-refractivity contribution < 1.29 is 9.59 Å². The van der Waals surface area contributed by atoms with Gasteiger partial charge in [0.1, 0.15) is 0 Å². The normalized spacial score (nSPS) is 15.4. The number of carbonyl (C=O) groups is 2. The maximum atomic E-state index is 12.4. The first kappa shape index (κ1) is 16.5. The molecule has 22 heavy (non-hydrogen) atoms. The van der Waals surface area contributed by atoms with E-state index in [2.05, 4.69) is 5.32 Å². The van der Waals surface area contributed by atoms with E-state index in [1.807, 2.05) is 38.1 Å². The van der Waals surface area contributed by atoms with Gasteiger partial charge in [0.25, 0.3) is 0 Å². The van der Waals surface area contributed by atoms with Gasteiger partial charge in [0, 0.05) is 12.2 Å². The molecule has 2 amide bonds. The van der Waals surface area contributed by atoms with E-state index in [9.17, 15) is 9.59 Å². The molecule has 5 nitrogen and oxygen atoms in total. The van der Waals surface area contributed by atoms with Crippen LogP contribution in [0, 0.1) is 5.92 Å². The Morgan fingerprint density at radius 3 is 2.77 bits per heavy atom.